The molecule has 3 rings (SSSR count). The topological polar surface area (TPSA) is 64.1 Å². The van der Waals surface area contributed by atoms with Crippen molar-refractivity contribution in [2.45, 2.75) is 38.8 Å². The Morgan fingerprint density at radius 2 is 1.83 bits per heavy atom. The summed E-state index contributed by atoms with van der Waals surface area (Å²) in [5.41, 5.74) is 4.52. The molecule has 0 radical (unpaired) electrons. The van der Waals surface area contributed by atoms with Crippen LogP contribution in [0, 0.1) is 20.8 Å². The van der Waals surface area contributed by atoms with Crippen molar-refractivity contribution < 1.29 is 9.53 Å². The van der Waals surface area contributed by atoms with E-state index in [4.69, 9.17) is 4.74 Å². The van der Waals surface area contributed by atoms with Crippen LogP contribution in [0.4, 0.5) is 0 Å². The molecular formula is C23H25N3O2S. The number of para-hydroxylation sites is 1. The molecule has 0 bridgehead atoms. The fraction of sp³-hybridized carbons (Fsp3) is 0.261. The molecule has 5 nitrogen and oxygen atoms in total. The highest BCUT2D eigenvalue weighted by atomic mass is 32.2. The molecule has 1 atom stereocenters. The predicted molar refractivity (Wildman–Crippen MR) is 116 cm³/mol. The number of aryl methyl sites for hydroxylation is 3. The van der Waals surface area contributed by atoms with Gasteiger partial charge in [0, 0.05) is 12.4 Å². The van der Waals surface area contributed by atoms with Crippen LogP contribution in [0.15, 0.2) is 59.9 Å². The maximum Gasteiger partial charge on any atom is 0.252 e. The van der Waals surface area contributed by atoms with Crippen molar-refractivity contribution in [1.82, 2.24) is 15.3 Å². The second-order valence-corrected chi connectivity index (χ2v) is 7.94. The molecule has 150 valence electrons. The van der Waals surface area contributed by atoms with E-state index in [0.29, 0.717) is 10.9 Å². The lowest BCUT2D eigenvalue weighted by atomic mass is 10.0. The largest absolute Gasteiger partial charge is 0.436 e. The molecule has 1 heterocycles. The van der Waals surface area contributed by atoms with Crippen LogP contribution in [0.3, 0.4) is 0 Å². The maximum atomic E-state index is 12.5. The van der Waals surface area contributed by atoms with Crippen molar-refractivity contribution in [3.63, 3.8) is 0 Å². The highest BCUT2D eigenvalue weighted by Gasteiger charge is 2.15. The summed E-state index contributed by atoms with van der Waals surface area (Å²) in [5, 5.41) is 3.64. The third-order valence-corrected chi connectivity index (χ3v) is 5.50. The third-order valence-electron chi connectivity index (χ3n) is 4.54. The minimum atomic E-state index is -0.0618. The first-order chi connectivity index (χ1) is 13.9. The minimum Gasteiger partial charge on any atom is -0.436 e. The van der Waals surface area contributed by atoms with Crippen molar-refractivity contribution in [3.05, 3.63) is 77.1 Å². The molecule has 0 aliphatic heterocycles. The van der Waals surface area contributed by atoms with Crippen LogP contribution >= 0.6 is 11.8 Å². The second kappa shape index (κ2) is 9.56. The van der Waals surface area contributed by atoms with Crippen molar-refractivity contribution in [1.29, 1.82) is 0 Å². The number of hydrogen-bond donors (Lipinski definition) is 1. The van der Waals surface area contributed by atoms with Gasteiger partial charge in [-0.1, -0.05) is 53.7 Å². The average molecular weight is 408 g/mol. The van der Waals surface area contributed by atoms with Gasteiger partial charge in [-0.3, -0.25) is 4.79 Å². The quantitative estimate of drug-likeness (QED) is 0.548. The molecule has 2 aromatic carbocycles. The van der Waals surface area contributed by atoms with Gasteiger partial charge in [0.1, 0.15) is 5.75 Å². The number of ether oxygens (including phenoxy) is 1. The standard InChI is InChI=1S/C23H25N3O2S/c1-15-9-10-19(17(3)13-15)18(4)26-21(27)14-29-23-22(24-11-12-25-23)28-20-8-6-5-7-16(20)2/h5-13,18H,14H2,1-4H3,(H,26,27). The molecule has 0 saturated carbocycles. The first kappa shape index (κ1) is 20.9. The first-order valence-electron chi connectivity index (χ1n) is 9.48. The van der Waals surface area contributed by atoms with E-state index in [-0.39, 0.29) is 17.7 Å². The van der Waals surface area contributed by atoms with E-state index < -0.39 is 0 Å². The summed E-state index contributed by atoms with van der Waals surface area (Å²) < 4.78 is 5.92. The average Bonchev–Trinajstić information content (AvgIpc) is 2.69. The van der Waals surface area contributed by atoms with Crippen molar-refractivity contribution in [2.24, 2.45) is 0 Å². The number of amides is 1. The fourth-order valence-electron chi connectivity index (χ4n) is 3.06. The van der Waals surface area contributed by atoms with Gasteiger partial charge >= 0.3 is 0 Å². The van der Waals surface area contributed by atoms with Crippen molar-refractivity contribution in [3.8, 4) is 11.6 Å². The summed E-state index contributed by atoms with van der Waals surface area (Å²) in [7, 11) is 0. The Kier molecular flexibility index (Phi) is 6.88. The molecule has 6 heteroatoms. The molecule has 0 saturated heterocycles. The second-order valence-electron chi connectivity index (χ2n) is 6.97. The molecule has 1 aromatic heterocycles. The number of nitrogens with zero attached hydrogens (tertiary/aromatic N) is 2. The smallest absolute Gasteiger partial charge is 0.252 e. The zero-order valence-corrected chi connectivity index (χ0v) is 17.9. The van der Waals surface area contributed by atoms with Gasteiger partial charge in [0.2, 0.25) is 5.91 Å². The van der Waals surface area contributed by atoms with E-state index >= 15 is 0 Å². The number of thioether (sulfide) groups is 1. The lowest BCUT2D eigenvalue weighted by Crippen LogP contribution is -2.28. The fourth-order valence-corrected chi connectivity index (χ4v) is 3.77. The van der Waals surface area contributed by atoms with Crippen molar-refractivity contribution >= 4 is 17.7 Å². The lowest BCUT2D eigenvalue weighted by Gasteiger charge is -2.17. The summed E-state index contributed by atoms with van der Waals surface area (Å²) >= 11 is 1.31. The van der Waals surface area contributed by atoms with Crippen LogP contribution in [-0.2, 0) is 4.79 Å². The number of carbonyl (C=O) groups excluding carboxylic acids is 1. The van der Waals surface area contributed by atoms with Gasteiger partial charge < -0.3 is 10.1 Å². The molecule has 0 fully saturated rings. The molecule has 1 amide bonds. The highest BCUT2D eigenvalue weighted by molar-refractivity contribution is 8.00. The Labute approximate surface area is 175 Å². The van der Waals surface area contributed by atoms with Crippen LogP contribution in [0.5, 0.6) is 11.6 Å². The van der Waals surface area contributed by atoms with Crippen molar-refractivity contribution in [2.75, 3.05) is 5.75 Å². The molecule has 3 aromatic rings. The Morgan fingerprint density at radius 1 is 1.07 bits per heavy atom. The van der Waals surface area contributed by atoms with E-state index in [0.717, 1.165) is 16.9 Å². The maximum absolute atomic E-state index is 12.5. The monoisotopic (exact) mass is 407 g/mol. The number of rotatable bonds is 7. The third kappa shape index (κ3) is 5.57. The zero-order chi connectivity index (χ0) is 20.8. The van der Waals surface area contributed by atoms with E-state index in [1.165, 1.54) is 22.9 Å². The van der Waals surface area contributed by atoms with Gasteiger partial charge in [0.25, 0.3) is 5.88 Å². The summed E-state index contributed by atoms with van der Waals surface area (Å²) in [4.78, 5) is 21.1. The number of nitrogens with one attached hydrogen (secondary N) is 1. The number of benzene rings is 2. The Bertz CT molecular complexity index is 1010. The highest BCUT2D eigenvalue weighted by Crippen LogP contribution is 2.30. The van der Waals surface area contributed by atoms with Gasteiger partial charge in [-0.25, -0.2) is 9.97 Å². The van der Waals surface area contributed by atoms with E-state index in [1.807, 2.05) is 38.1 Å². The van der Waals surface area contributed by atoms with Gasteiger partial charge in [0.15, 0.2) is 5.03 Å². The Balaban J connectivity index is 1.62. The minimum absolute atomic E-state index is 0.0602. The first-order valence-corrected chi connectivity index (χ1v) is 10.5. The van der Waals surface area contributed by atoms with Gasteiger partial charge in [-0.15, -0.1) is 0 Å². The van der Waals surface area contributed by atoms with Gasteiger partial charge in [-0.05, 0) is 50.5 Å². The number of aromatic nitrogens is 2. The van der Waals surface area contributed by atoms with Crippen LogP contribution in [0.1, 0.15) is 35.2 Å². The molecular weight excluding hydrogens is 382 g/mol. The molecule has 29 heavy (non-hydrogen) atoms. The molecule has 0 aliphatic rings. The van der Waals surface area contributed by atoms with Crippen LogP contribution in [0.2, 0.25) is 0 Å². The Morgan fingerprint density at radius 3 is 2.59 bits per heavy atom. The molecule has 1 N–H and O–H groups in total. The predicted octanol–water partition coefficient (Wildman–Crippen LogP) is 5.16. The van der Waals surface area contributed by atoms with Crippen LogP contribution in [-0.4, -0.2) is 21.6 Å². The summed E-state index contributed by atoms with van der Waals surface area (Å²) in [5.74, 6) is 1.30. The summed E-state index contributed by atoms with van der Waals surface area (Å²) in [6.07, 6.45) is 3.18. The van der Waals surface area contributed by atoms with E-state index in [1.54, 1.807) is 12.4 Å². The van der Waals surface area contributed by atoms with Gasteiger partial charge in [-0.2, -0.15) is 0 Å². The number of hydrogen-bond acceptors (Lipinski definition) is 5. The van der Waals surface area contributed by atoms with Crippen LogP contribution in [0.25, 0.3) is 0 Å². The normalized spacial score (nSPS) is 11.7. The SMILES string of the molecule is Cc1ccc(C(C)NC(=O)CSc2nccnc2Oc2ccccc2C)c(C)c1. The van der Waals surface area contributed by atoms with E-state index in [9.17, 15) is 4.79 Å². The number of carbonyl (C=O) groups is 1. The zero-order valence-electron chi connectivity index (χ0n) is 17.1. The summed E-state index contributed by atoms with van der Waals surface area (Å²) in [6.45, 7) is 8.10. The van der Waals surface area contributed by atoms with Gasteiger partial charge in [0.05, 0.1) is 11.8 Å². The molecule has 0 spiro atoms. The van der Waals surface area contributed by atoms with Crippen LogP contribution < -0.4 is 10.1 Å². The Hall–Kier alpha value is -2.86. The summed E-state index contributed by atoms with van der Waals surface area (Å²) in [6, 6.07) is 13.9. The molecule has 1 unspecified atom stereocenters. The lowest BCUT2D eigenvalue weighted by molar-refractivity contribution is -0.119. The van der Waals surface area contributed by atoms with E-state index in [2.05, 4.69) is 47.3 Å². The molecule has 0 aliphatic carbocycles.